The van der Waals surface area contributed by atoms with Gasteiger partial charge in [-0.2, -0.15) is 0 Å². The normalized spacial score (nSPS) is 10.8. The minimum absolute atomic E-state index is 0.0839. The Labute approximate surface area is 122 Å². The summed E-state index contributed by atoms with van der Waals surface area (Å²) in [4.78, 5) is 21.6. The summed E-state index contributed by atoms with van der Waals surface area (Å²) in [6.45, 7) is 1.16. The van der Waals surface area contributed by atoms with Crippen molar-refractivity contribution in [2.45, 2.75) is 6.54 Å². The van der Waals surface area contributed by atoms with Crippen LogP contribution in [0.1, 0.15) is 16.2 Å². The molecule has 0 atom stereocenters. The van der Waals surface area contributed by atoms with Crippen LogP contribution in [0, 0.1) is 0 Å². The minimum Gasteiger partial charge on any atom is -0.478 e. The molecule has 0 aliphatic carbocycles. The second kappa shape index (κ2) is 6.92. The summed E-state index contributed by atoms with van der Waals surface area (Å²) in [7, 11) is 1.87. The number of aromatic carboxylic acids is 1. The van der Waals surface area contributed by atoms with E-state index in [1.807, 2.05) is 11.9 Å². The van der Waals surface area contributed by atoms with Crippen molar-refractivity contribution < 1.29 is 15.0 Å². The average molecular weight is 287 g/mol. The van der Waals surface area contributed by atoms with Crippen LogP contribution in [0.5, 0.6) is 0 Å². The predicted molar refractivity (Wildman–Crippen MR) is 77.8 cm³/mol. The van der Waals surface area contributed by atoms with Crippen LogP contribution in [0.3, 0.4) is 0 Å². The van der Waals surface area contributed by atoms with Gasteiger partial charge in [-0.3, -0.25) is 4.90 Å². The van der Waals surface area contributed by atoms with Gasteiger partial charge in [0.1, 0.15) is 5.82 Å². The van der Waals surface area contributed by atoms with Gasteiger partial charge < -0.3 is 10.2 Å². The van der Waals surface area contributed by atoms with Gasteiger partial charge in [0.2, 0.25) is 0 Å². The molecule has 0 aliphatic rings. The molecule has 2 rings (SSSR count). The van der Waals surface area contributed by atoms with Gasteiger partial charge in [0.25, 0.3) is 0 Å². The van der Waals surface area contributed by atoms with Gasteiger partial charge in [-0.15, -0.1) is 0 Å². The maximum Gasteiger partial charge on any atom is 0.336 e. The summed E-state index contributed by atoms with van der Waals surface area (Å²) in [6.07, 6.45) is 3.24. The van der Waals surface area contributed by atoms with Crippen molar-refractivity contribution in [2.24, 2.45) is 0 Å². The molecule has 110 valence electrons. The van der Waals surface area contributed by atoms with Gasteiger partial charge in [-0.25, -0.2) is 14.8 Å². The van der Waals surface area contributed by atoms with Crippen molar-refractivity contribution >= 4 is 5.97 Å². The fourth-order valence-corrected chi connectivity index (χ4v) is 1.99. The first-order valence-electron chi connectivity index (χ1n) is 6.55. The van der Waals surface area contributed by atoms with Gasteiger partial charge in [-0.1, -0.05) is 18.2 Å². The van der Waals surface area contributed by atoms with E-state index in [2.05, 4.69) is 9.97 Å². The SMILES string of the molecule is CN(CCO)Cc1ncc(-c2ccccc2C(=O)O)cn1. The number of hydrogen-bond donors (Lipinski definition) is 2. The number of carbonyl (C=O) groups is 1. The molecule has 6 heteroatoms. The van der Waals surface area contributed by atoms with Crippen molar-refractivity contribution in [3.63, 3.8) is 0 Å². The largest absolute Gasteiger partial charge is 0.478 e. The number of carboxylic acid groups (broad SMARTS) is 1. The molecule has 0 aliphatic heterocycles. The smallest absolute Gasteiger partial charge is 0.336 e. The molecule has 0 unspecified atom stereocenters. The first-order chi connectivity index (χ1) is 10.1. The predicted octanol–water partition coefficient (Wildman–Crippen LogP) is 1.27. The molecule has 1 aromatic carbocycles. The second-order valence-corrected chi connectivity index (χ2v) is 4.70. The van der Waals surface area contributed by atoms with E-state index < -0.39 is 5.97 Å². The van der Waals surface area contributed by atoms with Crippen LogP contribution >= 0.6 is 0 Å². The van der Waals surface area contributed by atoms with Gasteiger partial charge in [0, 0.05) is 24.5 Å². The molecule has 2 aromatic rings. The first-order valence-corrected chi connectivity index (χ1v) is 6.55. The number of aromatic nitrogens is 2. The Morgan fingerprint density at radius 2 is 1.90 bits per heavy atom. The maximum absolute atomic E-state index is 11.2. The third kappa shape index (κ3) is 3.84. The van der Waals surface area contributed by atoms with E-state index in [1.54, 1.807) is 36.7 Å². The van der Waals surface area contributed by atoms with Gasteiger partial charge >= 0.3 is 5.97 Å². The maximum atomic E-state index is 11.2. The number of benzene rings is 1. The number of aliphatic hydroxyl groups is 1. The number of likely N-dealkylation sites (N-methyl/N-ethyl adjacent to an activating group) is 1. The molecular formula is C15H17N3O3. The standard InChI is InChI=1S/C15H17N3O3/c1-18(6-7-19)10-14-16-8-11(9-17-14)12-4-2-3-5-13(12)15(20)21/h2-5,8-9,19H,6-7,10H2,1H3,(H,20,21). The zero-order chi connectivity index (χ0) is 15.2. The summed E-state index contributed by atoms with van der Waals surface area (Å²) < 4.78 is 0. The third-order valence-corrected chi connectivity index (χ3v) is 3.07. The zero-order valence-corrected chi connectivity index (χ0v) is 11.7. The summed E-state index contributed by atoms with van der Waals surface area (Å²) in [5.74, 6) is -0.347. The van der Waals surface area contributed by atoms with Gasteiger partial charge in [0.15, 0.2) is 0 Å². The zero-order valence-electron chi connectivity index (χ0n) is 11.7. The highest BCUT2D eigenvalue weighted by atomic mass is 16.4. The summed E-state index contributed by atoms with van der Waals surface area (Å²) >= 11 is 0. The molecule has 0 fully saturated rings. The highest BCUT2D eigenvalue weighted by Gasteiger charge is 2.11. The third-order valence-electron chi connectivity index (χ3n) is 3.07. The van der Waals surface area contributed by atoms with Crippen LogP contribution < -0.4 is 0 Å². The van der Waals surface area contributed by atoms with Crippen molar-refractivity contribution in [1.82, 2.24) is 14.9 Å². The van der Waals surface area contributed by atoms with Gasteiger partial charge in [-0.05, 0) is 18.7 Å². The second-order valence-electron chi connectivity index (χ2n) is 4.70. The molecule has 0 saturated carbocycles. The van der Waals surface area contributed by atoms with Crippen molar-refractivity contribution in [3.8, 4) is 11.1 Å². The van der Waals surface area contributed by atoms with E-state index in [4.69, 9.17) is 5.11 Å². The van der Waals surface area contributed by atoms with Crippen molar-refractivity contribution in [2.75, 3.05) is 20.2 Å². The lowest BCUT2D eigenvalue weighted by atomic mass is 10.0. The lowest BCUT2D eigenvalue weighted by Gasteiger charge is -2.13. The highest BCUT2D eigenvalue weighted by Crippen LogP contribution is 2.22. The molecule has 0 saturated heterocycles. The lowest BCUT2D eigenvalue weighted by molar-refractivity contribution is 0.0697. The molecule has 1 heterocycles. The lowest BCUT2D eigenvalue weighted by Crippen LogP contribution is -2.22. The Morgan fingerprint density at radius 1 is 1.24 bits per heavy atom. The molecule has 2 N–H and O–H groups in total. The van der Waals surface area contributed by atoms with E-state index >= 15 is 0 Å². The average Bonchev–Trinajstić information content (AvgIpc) is 2.48. The number of aliphatic hydroxyl groups excluding tert-OH is 1. The molecular weight excluding hydrogens is 270 g/mol. The molecule has 0 spiro atoms. The number of carboxylic acids is 1. The number of nitrogens with zero attached hydrogens (tertiary/aromatic N) is 3. The van der Waals surface area contributed by atoms with E-state index in [9.17, 15) is 9.90 Å². The van der Waals surface area contributed by atoms with Crippen molar-refractivity contribution in [3.05, 3.63) is 48.0 Å². The Balaban J connectivity index is 2.21. The van der Waals surface area contributed by atoms with Gasteiger partial charge in [0.05, 0.1) is 18.7 Å². The van der Waals surface area contributed by atoms with Crippen LogP contribution in [0.2, 0.25) is 0 Å². The van der Waals surface area contributed by atoms with E-state index in [0.29, 0.717) is 30.0 Å². The van der Waals surface area contributed by atoms with Crippen LogP contribution in [0.25, 0.3) is 11.1 Å². The molecule has 1 aromatic heterocycles. The van der Waals surface area contributed by atoms with Crippen molar-refractivity contribution in [1.29, 1.82) is 0 Å². The van der Waals surface area contributed by atoms with E-state index in [0.717, 1.165) is 0 Å². The van der Waals surface area contributed by atoms with Crippen LogP contribution in [0.15, 0.2) is 36.7 Å². The van der Waals surface area contributed by atoms with E-state index in [-0.39, 0.29) is 12.2 Å². The fourth-order valence-electron chi connectivity index (χ4n) is 1.99. The molecule has 0 bridgehead atoms. The molecule has 0 amide bonds. The number of hydrogen-bond acceptors (Lipinski definition) is 5. The summed E-state index contributed by atoms with van der Waals surface area (Å²) in [6, 6.07) is 6.76. The fraction of sp³-hybridized carbons (Fsp3) is 0.267. The summed E-state index contributed by atoms with van der Waals surface area (Å²) in [5, 5.41) is 18.0. The Hall–Kier alpha value is -2.31. The summed E-state index contributed by atoms with van der Waals surface area (Å²) in [5.41, 5.74) is 1.49. The van der Waals surface area contributed by atoms with E-state index in [1.165, 1.54) is 0 Å². The van der Waals surface area contributed by atoms with Crippen LogP contribution in [-0.2, 0) is 6.54 Å². The number of rotatable bonds is 6. The topological polar surface area (TPSA) is 86.5 Å². The molecule has 21 heavy (non-hydrogen) atoms. The van der Waals surface area contributed by atoms with Crippen LogP contribution in [0.4, 0.5) is 0 Å². The first kappa shape index (κ1) is 15.1. The highest BCUT2D eigenvalue weighted by molar-refractivity contribution is 5.95. The van der Waals surface area contributed by atoms with Crippen LogP contribution in [-0.4, -0.2) is 51.2 Å². The Morgan fingerprint density at radius 3 is 2.52 bits per heavy atom. The quantitative estimate of drug-likeness (QED) is 0.832. The monoisotopic (exact) mass is 287 g/mol. The Kier molecular flexibility index (Phi) is 4.97. The molecule has 6 nitrogen and oxygen atoms in total. The minimum atomic E-state index is -0.975. The molecule has 0 radical (unpaired) electrons. The Bertz CT molecular complexity index is 614.